The Labute approximate surface area is 99.5 Å². The van der Waals surface area contributed by atoms with Crippen molar-refractivity contribution < 1.29 is 9.90 Å². The van der Waals surface area contributed by atoms with Crippen LogP contribution in [-0.4, -0.2) is 35.4 Å². The predicted molar refractivity (Wildman–Crippen MR) is 64.6 cm³/mol. The lowest BCUT2D eigenvalue weighted by molar-refractivity contribution is 0.0958. The molecule has 0 saturated heterocycles. The van der Waals surface area contributed by atoms with Gasteiger partial charge in [0.05, 0.1) is 0 Å². The van der Waals surface area contributed by atoms with Gasteiger partial charge < -0.3 is 10.4 Å². The van der Waals surface area contributed by atoms with Crippen LogP contribution in [0.15, 0.2) is 23.2 Å². The molecule has 0 saturated carbocycles. The van der Waals surface area contributed by atoms with Gasteiger partial charge in [0.15, 0.2) is 0 Å². The number of aliphatic hydroxyl groups is 1. The topological polar surface area (TPSA) is 62.2 Å². The molecule has 0 aliphatic heterocycles. The van der Waals surface area contributed by atoms with Crippen molar-refractivity contribution in [3.63, 3.8) is 0 Å². The summed E-state index contributed by atoms with van der Waals surface area (Å²) in [6.07, 6.45) is 1.62. The van der Waals surface area contributed by atoms with Gasteiger partial charge in [-0.25, -0.2) is 0 Å². The molecule has 0 aliphatic rings. The third-order valence-corrected chi connectivity index (χ3v) is 3.36. The molecule has 1 rings (SSSR count). The van der Waals surface area contributed by atoms with E-state index in [4.69, 9.17) is 5.11 Å². The van der Waals surface area contributed by atoms with Gasteiger partial charge in [-0.15, -0.1) is 11.8 Å². The largest absolute Gasteiger partial charge is 0.396 e. The number of hydrogen-bond donors (Lipinski definition) is 2. The summed E-state index contributed by atoms with van der Waals surface area (Å²) in [5, 5.41) is 11.4. The smallest absolute Gasteiger partial charge is 0.269 e. The Morgan fingerprint density at radius 1 is 1.69 bits per heavy atom. The quantitative estimate of drug-likeness (QED) is 0.758. The van der Waals surface area contributed by atoms with Gasteiger partial charge in [0.2, 0.25) is 0 Å². The second kappa shape index (κ2) is 6.50. The van der Waals surface area contributed by atoms with Crippen LogP contribution in [0.3, 0.4) is 0 Å². The number of aromatic nitrogens is 1. The Kier molecular flexibility index (Phi) is 5.28. The summed E-state index contributed by atoms with van der Waals surface area (Å²) in [5.41, 5.74) is 0.421. The van der Waals surface area contributed by atoms with Crippen LogP contribution in [0, 0.1) is 5.92 Å². The Morgan fingerprint density at radius 3 is 3.06 bits per heavy atom. The van der Waals surface area contributed by atoms with Crippen molar-refractivity contribution in [1.82, 2.24) is 10.3 Å². The molecule has 0 bridgehead atoms. The first-order valence-electron chi connectivity index (χ1n) is 5.09. The van der Waals surface area contributed by atoms with Crippen LogP contribution < -0.4 is 5.32 Å². The number of pyridine rings is 1. The molecule has 4 nitrogen and oxygen atoms in total. The molecule has 0 aliphatic carbocycles. The van der Waals surface area contributed by atoms with Gasteiger partial charge in [0.1, 0.15) is 5.69 Å². The van der Waals surface area contributed by atoms with Gasteiger partial charge in [-0.1, -0.05) is 6.92 Å². The first-order valence-corrected chi connectivity index (χ1v) is 6.07. The Hall–Kier alpha value is -1.07. The van der Waals surface area contributed by atoms with Crippen LogP contribution in [0.4, 0.5) is 0 Å². The highest BCUT2D eigenvalue weighted by Crippen LogP contribution is 2.20. The normalized spacial score (nSPS) is 12.2. The summed E-state index contributed by atoms with van der Waals surface area (Å²) in [7, 11) is 1.58. The molecule has 16 heavy (non-hydrogen) atoms. The molecule has 5 heteroatoms. The van der Waals surface area contributed by atoms with E-state index >= 15 is 0 Å². The number of rotatable bonds is 5. The molecule has 1 aromatic heterocycles. The maximum atomic E-state index is 11.3. The highest BCUT2D eigenvalue weighted by atomic mass is 32.2. The zero-order chi connectivity index (χ0) is 12.0. The van der Waals surface area contributed by atoms with Crippen molar-refractivity contribution in [2.75, 3.05) is 19.4 Å². The minimum Gasteiger partial charge on any atom is -0.396 e. The molecule has 0 aromatic carbocycles. The van der Waals surface area contributed by atoms with Crippen molar-refractivity contribution >= 4 is 17.7 Å². The van der Waals surface area contributed by atoms with Crippen LogP contribution in [0.5, 0.6) is 0 Å². The van der Waals surface area contributed by atoms with E-state index in [1.807, 2.05) is 13.0 Å². The van der Waals surface area contributed by atoms with Gasteiger partial charge in [-0.2, -0.15) is 0 Å². The first kappa shape index (κ1) is 13.0. The predicted octanol–water partition coefficient (Wildman–Crippen LogP) is 1.16. The van der Waals surface area contributed by atoms with E-state index in [2.05, 4.69) is 10.3 Å². The molecule has 1 heterocycles. The summed E-state index contributed by atoms with van der Waals surface area (Å²) in [5.74, 6) is 0.896. The fraction of sp³-hybridized carbons (Fsp3) is 0.455. The molecule has 2 N–H and O–H groups in total. The molecule has 1 amide bonds. The molecule has 88 valence electrons. The van der Waals surface area contributed by atoms with Crippen LogP contribution in [-0.2, 0) is 0 Å². The second-order valence-corrected chi connectivity index (χ2v) is 4.65. The summed E-state index contributed by atoms with van der Waals surface area (Å²) in [6.45, 7) is 2.16. The molecule has 1 aromatic rings. The number of carbonyl (C=O) groups excluding carboxylic acids is 1. The highest BCUT2D eigenvalue weighted by molar-refractivity contribution is 7.99. The third-order valence-electron chi connectivity index (χ3n) is 2.04. The van der Waals surface area contributed by atoms with Gasteiger partial charge in [-0.3, -0.25) is 9.78 Å². The lowest BCUT2D eigenvalue weighted by atomic mass is 10.2. The SMILES string of the molecule is CNC(=O)c1cc(SCC(C)CO)ccn1. The Balaban J connectivity index is 2.64. The van der Waals surface area contributed by atoms with Gasteiger partial charge in [-0.05, 0) is 18.1 Å². The minimum atomic E-state index is -0.183. The fourth-order valence-electron chi connectivity index (χ4n) is 1.04. The standard InChI is InChI=1S/C11H16N2O2S/c1-8(6-14)7-16-9-3-4-13-10(5-9)11(15)12-2/h3-5,8,14H,6-7H2,1-2H3,(H,12,15). The number of nitrogens with zero attached hydrogens (tertiary/aromatic N) is 1. The second-order valence-electron chi connectivity index (χ2n) is 3.55. The van der Waals surface area contributed by atoms with E-state index in [1.54, 1.807) is 31.1 Å². The zero-order valence-corrected chi connectivity index (χ0v) is 10.3. The number of thioether (sulfide) groups is 1. The third kappa shape index (κ3) is 3.83. The first-order chi connectivity index (χ1) is 7.67. The molecule has 0 spiro atoms. The molecular formula is C11H16N2O2S. The summed E-state index contributed by atoms with van der Waals surface area (Å²) >= 11 is 1.62. The van der Waals surface area contributed by atoms with Crippen LogP contribution in [0.1, 0.15) is 17.4 Å². The number of hydrogen-bond acceptors (Lipinski definition) is 4. The summed E-state index contributed by atoms with van der Waals surface area (Å²) in [4.78, 5) is 16.3. The van der Waals surface area contributed by atoms with Crippen LogP contribution >= 0.6 is 11.8 Å². The molecule has 0 radical (unpaired) electrons. The average molecular weight is 240 g/mol. The van der Waals surface area contributed by atoms with E-state index < -0.39 is 0 Å². The molecule has 1 atom stereocenters. The van der Waals surface area contributed by atoms with E-state index in [-0.39, 0.29) is 18.4 Å². The van der Waals surface area contributed by atoms with Crippen LogP contribution in [0.2, 0.25) is 0 Å². The zero-order valence-electron chi connectivity index (χ0n) is 9.43. The average Bonchev–Trinajstić information content (AvgIpc) is 2.35. The van der Waals surface area contributed by atoms with Gasteiger partial charge in [0, 0.05) is 30.5 Å². The monoisotopic (exact) mass is 240 g/mol. The fourth-order valence-corrected chi connectivity index (χ4v) is 1.98. The Bertz CT molecular complexity index is 358. The van der Waals surface area contributed by atoms with Crippen molar-refractivity contribution in [1.29, 1.82) is 0 Å². The molecular weight excluding hydrogens is 224 g/mol. The lowest BCUT2D eigenvalue weighted by Crippen LogP contribution is -2.19. The van der Waals surface area contributed by atoms with Crippen LogP contribution in [0.25, 0.3) is 0 Å². The van der Waals surface area contributed by atoms with E-state index in [0.717, 1.165) is 10.6 Å². The van der Waals surface area contributed by atoms with E-state index in [9.17, 15) is 4.79 Å². The molecule has 1 unspecified atom stereocenters. The lowest BCUT2D eigenvalue weighted by Gasteiger charge is -2.07. The Morgan fingerprint density at radius 2 is 2.44 bits per heavy atom. The van der Waals surface area contributed by atoms with Crippen molar-refractivity contribution in [3.8, 4) is 0 Å². The maximum absolute atomic E-state index is 11.3. The van der Waals surface area contributed by atoms with E-state index in [0.29, 0.717) is 5.69 Å². The van der Waals surface area contributed by atoms with Crippen molar-refractivity contribution in [2.24, 2.45) is 5.92 Å². The maximum Gasteiger partial charge on any atom is 0.269 e. The minimum absolute atomic E-state index is 0.181. The van der Waals surface area contributed by atoms with Gasteiger partial charge in [0.25, 0.3) is 5.91 Å². The summed E-state index contributed by atoms with van der Waals surface area (Å²) < 4.78 is 0. The number of carbonyl (C=O) groups is 1. The number of nitrogens with one attached hydrogen (secondary N) is 1. The molecule has 0 fully saturated rings. The summed E-state index contributed by atoms with van der Waals surface area (Å²) in [6, 6.07) is 3.62. The number of amides is 1. The van der Waals surface area contributed by atoms with Crippen molar-refractivity contribution in [2.45, 2.75) is 11.8 Å². The van der Waals surface area contributed by atoms with Crippen molar-refractivity contribution in [3.05, 3.63) is 24.0 Å². The number of aliphatic hydroxyl groups excluding tert-OH is 1. The van der Waals surface area contributed by atoms with E-state index in [1.165, 1.54) is 0 Å². The van der Waals surface area contributed by atoms with Gasteiger partial charge >= 0.3 is 0 Å². The highest BCUT2D eigenvalue weighted by Gasteiger charge is 2.06.